The highest BCUT2D eigenvalue weighted by molar-refractivity contribution is 6.44. The van der Waals surface area contributed by atoms with E-state index in [2.05, 4.69) is 0 Å². The summed E-state index contributed by atoms with van der Waals surface area (Å²) in [6.07, 6.45) is 0. The molecule has 0 aromatic heterocycles. The first-order valence-electron chi connectivity index (χ1n) is 2.59. The quantitative estimate of drug-likeness (QED) is 0.514. The minimum absolute atomic E-state index is 0.0306. The molecule has 0 saturated carbocycles. The molecule has 0 fully saturated rings. The van der Waals surface area contributed by atoms with E-state index in [0.717, 1.165) is 0 Å². The van der Waals surface area contributed by atoms with Gasteiger partial charge in [0.1, 0.15) is 5.02 Å². The van der Waals surface area contributed by atoms with E-state index in [9.17, 15) is 0 Å². The summed E-state index contributed by atoms with van der Waals surface area (Å²) >= 11 is 16.4. The molecule has 2 nitrogen and oxygen atoms in total. The predicted molar refractivity (Wildman–Crippen MR) is 44.8 cm³/mol. The number of aromatic hydroxyl groups is 2. The average molecular weight is 213 g/mol. The first kappa shape index (κ1) is 8.78. The average Bonchev–Trinajstić information content (AvgIpc) is 1.97. The molecule has 0 saturated heterocycles. The summed E-state index contributed by atoms with van der Waals surface area (Å²) in [5, 5.41) is 18.0. The molecule has 0 radical (unpaired) electrons. The summed E-state index contributed by atoms with van der Waals surface area (Å²) < 4.78 is 0. The number of rotatable bonds is 0. The summed E-state index contributed by atoms with van der Waals surface area (Å²) in [6.45, 7) is 0. The lowest BCUT2D eigenvalue weighted by atomic mass is 10.3. The maximum atomic E-state index is 9.02. The topological polar surface area (TPSA) is 40.5 Å². The van der Waals surface area contributed by atoms with Crippen LogP contribution in [0.5, 0.6) is 11.5 Å². The van der Waals surface area contributed by atoms with Gasteiger partial charge in [-0.25, -0.2) is 0 Å². The van der Waals surface area contributed by atoms with E-state index < -0.39 is 11.5 Å². The van der Waals surface area contributed by atoms with Crippen molar-refractivity contribution in [3.8, 4) is 11.5 Å². The van der Waals surface area contributed by atoms with Crippen molar-refractivity contribution in [2.24, 2.45) is 0 Å². The Kier molecular flexibility index (Phi) is 2.37. The molecule has 60 valence electrons. The van der Waals surface area contributed by atoms with E-state index in [4.69, 9.17) is 45.0 Å². The molecule has 0 heterocycles. The fourth-order valence-corrected chi connectivity index (χ4v) is 1.17. The van der Waals surface area contributed by atoms with Gasteiger partial charge in [0.25, 0.3) is 0 Å². The third-order valence-corrected chi connectivity index (χ3v) is 2.19. The predicted octanol–water partition coefficient (Wildman–Crippen LogP) is 3.06. The van der Waals surface area contributed by atoms with Crippen molar-refractivity contribution in [3.05, 3.63) is 21.1 Å². The molecule has 0 amide bonds. The molecule has 1 aromatic rings. The van der Waals surface area contributed by atoms with Crippen LogP contribution in [0.2, 0.25) is 15.1 Å². The number of phenolic OH excluding ortho intramolecular Hbond substituents is 2. The van der Waals surface area contributed by atoms with Gasteiger partial charge in [-0.3, -0.25) is 0 Å². The molecule has 2 N–H and O–H groups in total. The Morgan fingerprint density at radius 3 is 2.00 bits per heavy atom. The summed E-state index contributed by atoms with van der Waals surface area (Å²) in [5.41, 5.74) is 0. The smallest absolute Gasteiger partial charge is 0.179 e. The molecule has 0 atom stereocenters. The number of halogens is 3. The molecule has 0 unspecified atom stereocenters. The Morgan fingerprint density at radius 2 is 1.45 bits per heavy atom. The van der Waals surface area contributed by atoms with Crippen LogP contribution in [-0.4, -0.2) is 10.2 Å². The fourth-order valence-electron chi connectivity index (χ4n) is 0.573. The Bertz CT molecular complexity index is 272. The largest absolute Gasteiger partial charge is 0.503 e. The van der Waals surface area contributed by atoms with Crippen LogP contribution in [0, 0.1) is 0 Å². The van der Waals surface area contributed by atoms with E-state index in [0.29, 0.717) is 0 Å². The van der Waals surface area contributed by atoms with E-state index in [1.807, 2.05) is 0 Å². The van der Waals surface area contributed by atoms with Crippen LogP contribution >= 0.6 is 34.8 Å². The lowest BCUT2D eigenvalue weighted by molar-refractivity contribution is 0.404. The van der Waals surface area contributed by atoms with E-state index in [1.165, 1.54) is 6.07 Å². The van der Waals surface area contributed by atoms with E-state index in [1.54, 1.807) is 0 Å². The normalized spacial score (nSPS) is 10.1. The summed E-state index contributed by atoms with van der Waals surface area (Å²) in [5.74, 6) is -0.953. The third-order valence-electron chi connectivity index (χ3n) is 1.12. The van der Waals surface area contributed by atoms with Gasteiger partial charge in [0, 0.05) is 0 Å². The standard InChI is InChI=1S/C6H3Cl3O2/c7-2-1-3(8)5(10)6(11)4(2)9/h1,10-11H. The molecular weight excluding hydrogens is 210 g/mol. The first-order valence-corrected chi connectivity index (χ1v) is 3.73. The highest BCUT2D eigenvalue weighted by Gasteiger charge is 2.12. The van der Waals surface area contributed by atoms with E-state index >= 15 is 0 Å². The lowest BCUT2D eigenvalue weighted by Crippen LogP contribution is -1.74. The van der Waals surface area contributed by atoms with Gasteiger partial charge < -0.3 is 10.2 Å². The van der Waals surface area contributed by atoms with Crippen LogP contribution in [0.25, 0.3) is 0 Å². The van der Waals surface area contributed by atoms with Gasteiger partial charge in [-0.2, -0.15) is 0 Å². The molecule has 0 aliphatic carbocycles. The first-order chi connectivity index (χ1) is 5.04. The zero-order valence-electron chi connectivity index (χ0n) is 5.11. The summed E-state index contributed by atoms with van der Waals surface area (Å²) in [6, 6.07) is 1.25. The molecule has 5 heteroatoms. The second-order valence-electron chi connectivity index (χ2n) is 1.85. The van der Waals surface area contributed by atoms with Crippen molar-refractivity contribution < 1.29 is 10.2 Å². The minimum atomic E-state index is -0.496. The zero-order chi connectivity index (χ0) is 8.59. The van der Waals surface area contributed by atoms with Gasteiger partial charge in [0.05, 0.1) is 10.0 Å². The van der Waals surface area contributed by atoms with Gasteiger partial charge in [-0.15, -0.1) is 0 Å². The minimum Gasteiger partial charge on any atom is -0.503 e. The Hall–Kier alpha value is -0.310. The van der Waals surface area contributed by atoms with Gasteiger partial charge in [0.2, 0.25) is 0 Å². The zero-order valence-corrected chi connectivity index (χ0v) is 7.37. The van der Waals surface area contributed by atoms with Crippen molar-refractivity contribution in [1.29, 1.82) is 0 Å². The number of phenols is 2. The van der Waals surface area contributed by atoms with Gasteiger partial charge in [-0.1, -0.05) is 34.8 Å². The van der Waals surface area contributed by atoms with Crippen LogP contribution in [0.15, 0.2) is 6.07 Å². The van der Waals surface area contributed by atoms with Crippen LogP contribution in [-0.2, 0) is 0 Å². The second kappa shape index (κ2) is 2.97. The molecule has 1 aromatic carbocycles. The lowest BCUT2D eigenvalue weighted by Gasteiger charge is -2.03. The SMILES string of the molecule is Oc1c(Cl)cc(Cl)c(Cl)c1O. The summed E-state index contributed by atoms with van der Waals surface area (Å²) in [7, 11) is 0. The molecule has 11 heavy (non-hydrogen) atoms. The van der Waals surface area contributed by atoms with Crippen LogP contribution in [0.3, 0.4) is 0 Å². The van der Waals surface area contributed by atoms with Crippen molar-refractivity contribution in [3.63, 3.8) is 0 Å². The van der Waals surface area contributed by atoms with E-state index in [-0.39, 0.29) is 15.1 Å². The monoisotopic (exact) mass is 212 g/mol. The Balaban J connectivity index is 3.46. The molecule has 1 rings (SSSR count). The second-order valence-corrected chi connectivity index (χ2v) is 3.04. The van der Waals surface area contributed by atoms with Crippen LogP contribution in [0.1, 0.15) is 0 Å². The van der Waals surface area contributed by atoms with Crippen LogP contribution in [0.4, 0.5) is 0 Å². The molecule has 0 aliphatic rings. The number of hydrogen-bond acceptors (Lipinski definition) is 2. The molecule has 0 bridgehead atoms. The fraction of sp³-hybridized carbons (Fsp3) is 0. The number of hydrogen-bond donors (Lipinski definition) is 2. The van der Waals surface area contributed by atoms with Crippen LogP contribution < -0.4 is 0 Å². The van der Waals surface area contributed by atoms with Gasteiger partial charge >= 0.3 is 0 Å². The van der Waals surface area contributed by atoms with Gasteiger partial charge in [-0.05, 0) is 6.07 Å². The summed E-state index contributed by atoms with van der Waals surface area (Å²) in [4.78, 5) is 0. The highest BCUT2D eigenvalue weighted by atomic mass is 35.5. The van der Waals surface area contributed by atoms with Gasteiger partial charge in [0.15, 0.2) is 11.5 Å². The highest BCUT2D eigenvalue weighted by Crippen LogP contribution is 2.42. The Morgan fingerprint density at radius 1 is 0.909 bits per heavy atom. The van der Waals surface area contributed by atoms with Crippen molar-refractivity contribution in [2.75, 3.05) is 0 Å². The van der Waals surface area contributed by atoms with Crippen molar-refractivity contribution in [2.45, 2.75) is 0 Å². The van der Waals surface area contributed by atoms with Crippen molar-refractivity contribution in [1.82, 2.24) is 0 Å². The van der Waals surface area contributed by atoms with Crippen molar-refractivity contribution >= 4 is 34.8 Å². The maximum Gasteiger partial charge on any atom is 0.179 e. The molecule has 0 spiro atoms. The Labute approximate surface area is 77.9 Å². The maximum absolute atomic E-state index is 9.02. The molecular formula is C6H3Cl3O2. The number of benzene rings is 1. The third kappa shape index (κ3) is 1.48. The molecule has 0 aliphatic heterocycles.